The Morgan fingerprint density at radius 2 is 1.86 bits per heavy atom. The van der Waals surface area contributed by atoms with E-state index in [-0.39, 0.29) is 23.6 Å². The maximum atomic E-state index is 13.9. The largest absolute Gasteiger partial charge is 0.369 e. The summed E-state index contributed by atoms with van der Waals surface area (Å²) in [5, 5.41) is 2.86. The molecule has 1 amide bonds. The first-order valence-electron chi connectivity index (χ1n) is 9.97. The molecule has 0 saturated carbocycles. The van der Waals surface area contributed by atoms with E-state index in [1.807, 2.05) is 6.92 Å². The van der Waals surface area contributed by atoms with E-state index in [1.54, 1.807) is 24.3 Å². The first-order chi connectivity index (χ1) is 14.0. The van der Waals surface area contributed by atoms with Crippen LogP contribution in [0.15, 0.2) is 48.5 Å². The number of nitrogens with one attached hydrogen (secondary N) is 1. The van der Waals surface area contributed by atoms with Gasteiger partial charge in [0, 0.05) is 49.1 Å². The number of benzene rings is 2. The first kappa shape index (κ1) is 21.0. The maximum Gasteiger partial charge on any atom is 0.244 e. The second kappa shape index (κ2) is 9.65. The van der Waals surface area contributed by atoms with Gasteiger partial charge in [0.05, 0.1) is 6.04 Å². The summed E-state index contributed by atoms with van der Waals surface area (Å²) in [6.07, 6.45) is 2.74. The van der Waals surface area contributed by atoms with Crippen molar-refractivity contribution < 1.29 is 13.6 Å². The van der Waals surface area contributed by atoms with Crippen molar-refractivity contribution in [3.05, 3.63) is 71.3 Å². The van der Waals surface area contributed by atoms with Gasteiger partial charge in [-0.1, -0.05) is 25.1 Å². The molecule has 0 bridgehead atoms. The third-order valence-corrected chi connectivity index (χ3v) is 5.29. The second-order valence-electron chi connectivity index (χ2n) is 7.21. The van der Waals surface area contributed by atoms with Crippen LogP contribution in [0.3, 0.4) is 0 Å². The standard InChI is InChI=1S/C23H27F2N3O/c1-3-27-12-14-28(15-13-27)22-10-9-19(24)16-20(22)17(2)26-23(29)11-8-18-6-4-5-7-21(18)25/h4-11,16-17H,3,12-15H2,1-2H3,(H,26,29)/b11-8+. The Bertz CT molecular complexity index is 876. The Morgan fingerprint density at radius 3 is 2.55 bits per heavy atom. The smallest absolute Gasteiger partial charge is 0.244 e. The van der Waals surface area contributed by atoms with E-state index in [0.29, 0.717) is 5.56 Å². The fraction of sp³-hybridized carbons (Fsp3) is 0.348. The number of rotatable bonds is 6. The fourth-order valence-electron chi connectivity index (χ4n) is 3.58. The van der Waals surface area contributed by atoms with E-state index >= 15 is 0 Å². The molecule has 1 aliphatic rings. The predicted molar refractivity (Wildman–Crippen MR) is 113 cm³/mol. The van der Waals surface area contributed by atoms with E-state index in [0.717, 1.165) is 44.0 Å². The van der Waals surface area contributed by atoms with E-state index in [1.165, 1.54) is 30.4 Å². The predicted octanol–water partition coefficient (Wildman–Crippen LogP) is 4.00. The summed E-state index contributed by atoms with van der Waals surface area (Å²) in [6, 6.07) is 10.6. The van der Waals surface area contributed by atoms with Gasteiger partial charge in [-0.05, 0) is 43.8 Å². The first-order valence-corrected chi connectivity index (χ1v) is 9.97. The number of carbonyl (C=O) groups is 1. The highest BCUT2D eigenvalue weighted by molar-refractivity contribution is 5.92. The summed E-state index contributed by atoms with van der Waals surface area (Å²) in [5.41, 5.74) is 2.02. The van der Waals surface area contributed by atoms with Gasteiger partial charge in [0.2, 0.25) is 5.91 Å². The molecule has 0 radical (unpaired) electrons. The van der Waals surface area contributed by atoms with Crippen molar-refractivity contribution >= 4 is 17.7 Å². The van der Waals surface area contributed by atoms with Gasteiger partial charge in [0.15, 0.2) is 0 Å². The highest BCUT2D eigenvalue weighted by atomic mass is 19.1. The normalized spacial score (nSPS) is 16.2. The number of piperazine rings is 1. The van der Waals surface area contributed by atoms with Crippen LogP contribution in [0.4, 0.5) is 14.5 Å². The molecular weight excluding hydrogens is 372 g/mol. The van der Waals surface area contributed by atoms with Gasteiger partial charge in [0.25, 0.3) is 0 Å². The summed E-state index contributed by atoms with van der Waals surface area (Å²) in [4.78, 5) is 16.9. The average molecular weight is 399 g/mol. The van der Waals surface area contributed by atoms with Gasteiger partial charge in [-0.3, -0.25) is 4.79 Å². The lowest BCUT2D eigenvalue weighted by molar-refractivity contribution is -0.117. The molecule has 6 heteroatoms. The van der Waals surface area contributed by atoms with E-state index < -0.39 is 0 Å². The van der Waals surface area contributed by atoms with Crippen LogP contribution in [-0.4, -0.2) is 43.5 Å². The molecule has 1 aliphatic heterocycles. The van der Waals surface area contributed by atoms with Crippen LogP contribution in [0.2, 0.25) is 0 Å². The summed E-state index contributed by atoms with van der Waals surface area (Å²) < 4.78 is 27.6. The molecule has 4 nitrogen and oxygen atoms in total. The maximum absolute atomic E-state index is 13.9. The molecule has 3 rings (SSSR count). The van der Waals surface area contributed by atoms with Crippen molar-refractivity contribution in [2.45, 2.75) is 19.9 Å². The van der Waals surface area contributed by atoms with Crippen molar-refractivity contribution in [3.63, 3.8) is 0 Å². The molecule has 1 N–H and O–H groups in total. The molecule has 29 heavy (non-hydrogen) atoms. The molecule has 0 spiro atoms. The zero-order chi connectivity index (χ0) is 20.8. The van der Waals surface area contributed by atoms with Crippen molar-refractivity contribution in [1.82, 2.24) is 10.2 Å². The lowest BCUT2D eigenvalue weighted by Crippen LogP contribution is -2.46. The van der Waals surface area contributed by atoms with Crippen LogP contribution in [0.1, 0.15) is 31.0 Å². The Labute approximate surface area is 170 Å². The van der Waals surface area contributed by atoms with E-state index in [9.17, 15) is 13.6 Å². The molecular formula is C23H27F2N3O. The van der Waals surface area contributed by atoms with Gasteiger partial charge in [0.1, 0.15) is 11.6 Å². The van der Waals surface area contributed by atoms with Crippen LogP contribution in [0, 0.1) is 11.6 Å². The van der Waals surface area contributed by atoms with E-state index in [4.69, 9.17) is 0 Å². The number of anilines is 1. The molecule has 2 aromatic carbocycles. The number of nitrogens with zero attached hydrogens (tertiary/aromatic N) is 2. The van der Waals surface area contributed by atoms with Gasteiger partial charge in [-0.25, -0.2) is 8.78 Å². The number of carbonyl (C=O) groups excluding carboxylic acids is 1. The summed E-state index contributed by atoms with van der Waals surface area (Å²) >= 11 is 0. The Balaban J connectivity index is 1.71. The van der Waals surface area contributed by atoms with Gasteiger partial charge in [-0.2, -0.15) is 0 Å². The molecule has 154 valence electrons. The lowest BCUT2D eigenvalue weighted by Gasteiger charge is -2.37. The number of likely N-dealkylation sites (N-methyl/N-ethyl adjacent to an activating group) is 1. The van der Waals surface area contributed by atoms with Crippen molar-refractivity contribution in [3.8, 4) is 0 Å². The van der Waals surface area contributed by atoms with Crippen molar-refractivity contribution in [2.24, 2.45) is 0 Å². The Hall–Kier alpha value is -2.73. The zero-order valence-electron chi connectivity index (χ0n) is 16.9. The summed E-state index contributed by atoms with van der Waals surface area (Å²) in [5.74, 6) is -1.08. The summed E-state index contributed by atoms with van der Waals surface area (Å²) in [7, 11) is 0. The van der Waals surface area contributed by atoms with Gasteiger partial charge in [-0.15, -0.1) is 0 Å². The molecule has 1 fully saturated rings. The van der Waals surface area contributed by atoms with E-state index in [2.05, 4.69) is 22.0 Å². The van der Waals surface area contributed by atoms with Crippen molar-refractivity contribution in [1.29, 1.82) is 0 Å². The zero-order valence-corrected chi connectivity index (χ0v) is 16.9. The third kappa shape index (κ3) is 5.41. The minimum Gasteiger partial charge on any atom is -0.369 e. The van der Waals surface area contributed by atoms with Gasteiger partial charge >= 0.3 is 0 Å². The number of amides is 1. The van der Waals surface area contributed by atoms with Crippen LogP contribution < -0.4 is 10.2 Å². The monoisotopic (exact) mass is 399 g/mol. The van der Waals surface area contributed by atoms with Crippen molar-refractivity contribution in [2.75, 3.05) is 37.6 Å². The van der Waals surface area contributed by atoms with Crippen LogP contribution in [-0.2, 0) is 4.79 Å². The Morgan fingerprint density at radius 1 is 1.14 bits per heavy atom. The number of hydrogen-bond donors (Lipinski definition) is 1. The molecule has 1 unspecified atom stereocenters. The Kier molecular flexibility index (Phi) is 6.99. The molecule has 1 atom stereocenters. The van der Waals surface area contributed by atoms with Crippen LogP contribution in [0.25, 0.3) is 6.08 Å². The molecule has 0 aliphatic carbocycles. The second-order valence-corrected chi connectivity index (χ2v) is 7.21. The summed E-state index contributed by atoms with van der Waals surface area (Å²) in [6.45, 7) is 8.63. The molecule has 1 heterocycles. The molecule has 1 saturated heterocycles. The fourth-order valence-corrected chi connectivity index (χ4v) is 3.58. The third-order valence-electron chi connectivity index (χ3n) is 5.29. The topological polar surface area (TPSA) is 35.6 Å². The minimum absolute atomic E-state index is 0.334. The van der Waals surface area contributed by atoms with Crippen LogP contribution >= 0.6 is 0 Å². The SMILES string of the molecule is CCN1CCN(c2ccc(F)cc2C(C)NC(=O)/C=C/c2ccccc2F)CC1. The molecule has 2 aromatic rings. The number of halogens is 2. The number of hydrogen-bond acceptors (Lipinski definition) is 3. The minimum atomic E-state index is -0.386. The highest BCUT2D eigenvalue weighted by Gasteiger charge is 2.21. The average Bonchev–Trinajstić information content (AvgIpc) is 2.73. The quantitative estimate of drug-likeness (QED) is 0.746. The highest BCUT2D eigenvalue weighted by Crippen LogP contribution is 2.28. The van der Waals surface area contributed by atoms with Crippen LogP contribution in [0.5, 0.6) is 0 Å². The lowest BCUT2D eigenvalue weighted by atomic mass is 10.0. The molecule has 0 aromatic heterocycles. The van der Waals surface area contributed by atoms with Gasteiger partial charge < -0.3 is 15.1 Å².